The first-order valence-corrected chi connectivity index (χ1v) is 26.5. The van der Waals surface area contributed by atoms with Crippen LogP contribution in [0.2, 0.25) is 0 Å². The third-order valence-electron chi connectivity index (χ3n) is 15.2. The summed E-state index contributed by atoms with van der Waals surface area (Å²) < 4.78 is 27.8. The number of nitro groups is 1. The van der Waals surface area contributed by atoms with Gasteiger partial charge in [0.05, 0.1) is 29.7 Å². The molecule has 1 fully saturated rings. The predicted molar refractivity (Wildman–Crippen MR) is 297 cm³/mol. The second-order valence-corrected chi connectivity index (χ2v) is 19.9. The topological polar surface area (TPSA) is 162 Å². The van der Waals surface area contributed by atoms with Crippen molar-refractivity contribution in [2.24, 2.45) is 22.9 Å². The molecule has 6 atom stereocenters. The Labute approximate surface area is 448 Å². The highest BCUT2D eigenvalue weighted by Gasteiger charge is 2.66. The average Bonchev–Trinajstić information content (AvgIpc) is 3.65. The van der Waals surface area contributed by atoms with Crippen molar-refractivity contribution in [1.82, 2.24) is 4.90 Å². The molecule has 13 heteroatoms. The molecule has 0 saturated heterocycles. The summed E-state index contributed by atoms with van der Waals surface area (Å²) in [4.78, 5) is 34.7. The van der Waals surface area contributed by atoms with Gasteiger partial charge in [0.1, 0.15) is 35.6 Å². The summed E-state index contributed by atoms with van der Waals surface area (Å²) in [5.41, 5.74) is 6.17. The summed E-state index contributed by atoms with van der Waals surface area (Å²) in [5, 5.41) is 39.0. The van der Waals surface area contributed by atoms with Crippen LogP contribution in [0.3, 0.4) is 0 Å². The Morgan fingerprint density at radius 2 is 1.45 bits per heavy atom. The van der Waals surface area contributed by atoms with Gasteiger partial charge in [0.2, 0.25) is 5.79 Å². The van der Waals surface area contributed by atoms with Crippen molar-refractivity contribution in [1.29, 1.82) is 0 Å². The van der Waals surface area contributed by atoms with Gasteiger partial charge in [-0.05, 0) is 119 Å². The van der Waals surface area contributed by atoms with Crippen molar-refractivity contribution in [2.75, 3.05) is 19.8 Å². The van der Waals surface area contributed by atoms with Crippen LogP contribution in [0.25, 0.3) is 21.9 Å². The summed E-state index contributed by atoms with van der Waals surface area (Å²) in [6.07, 6.45) is 7.62. The van der Waals surface area contributed by atoms with Crippen LogP contribution < -0.4 is 14.2 Å². The molecule has 77 heavy (non-hydrogen) atoms. The van der Waals surface area contributed by atoms with Crippen molar-refractivity contribution in [2.45, 2.75) is 75.8 Å². The zero-order chi connectivity index (χ0) is 53.1. The lowest BCUT2D eigenvalue weighted by atomic mass is 9.55. The Balaban J connectivity index is 1.16. The SMILES string of the molecule is C=CCO[C@@]12Oc3ccc(Oc4ccc(-c5ccccc5)cc4)cc3[C@H]3[C@H](CCCCO)[C@@H](CCCCO)C=C(C(=NOCc4ccccc4)C[C@@H]1N(Cc1cccc4ccccc14)C(=O)Oc1ccc([N+](=O)[O-])cc1)[C@H]32. The van der Waals surface area contributed by atoms with Crippen molar-refractivity contribution >= 4 is 28.3 Å². The quantitative estimate of drug-likeness (QED) is 0.0289. The molecule has 7 aromatic carbocycles. The maximum Gasteiger partial charge on any atom is 0.416 e. The Bertz CT molecular complexity index is 3220. The fourth-order valence-corrected chi connectivity index (χ4v) is 11.7. The summed E-state index contributed by atoms with van der Waals surface area (Å²) >= 11 is 0. The summed E-state index contributed by atoms with van der Waals surface area (Å²) in [7, 11) is 0. The van der Waals surface area contributed by atoms with Gasteiger partial charge in [0.15, 0.2) is 0 Å². The van der Waals surface area contributed by atoms with Crippen LogP contribution in [0.5, 0.6) is 23.0 Å². The minimum absolute atomic E-state index is 0.00980. The lowest BCUT2D eigenvalue weighted by molar-refractivity contribution is -0.384. The van der Waals surface area contributed by atoms with E-state index in [1.807, 2.05) is 127 Å². The van der Waals surface area contributed by atoms with E-state index >= 15 is 4.79 Å². The maximum absolute atomic E-state index is 15.5. The number of ether oxygens (including phenoxy) is 4. The number of amides is 1. The fraction of sp³-hybridized carbons (Fsp3) is 0.281. The number of oxime groups is 1. The van der Waals surface area contributed by atoms with Crippen LogP contribution in [-0.2, 0) is 22.7 Å². The second kappa shape index (κ2) is 24.3. The molecule has 0 unspecified atom stereocenters. The van der Waals surface area contributed by atoms with E-state index in [0.29, 0.717) is 35.8 Å². The highest BCUT2D eigenvalue weighted by atomic mass is 16.7. The number of rotatable bonds is 22. The first kappa shape index (κ1) is 52.3. The molecule has 394 valence electrons. The minimum atomic E-state index is -1.61. The number of aliphatic hydroxyl groups excluding tert-OH is 2. The van der Waals surface area contributed by atoms with Crippen molar-refractivity contribution in [3.05, 3.63) is 221 Å². The fourth-order valence-electron chi connectivity index (χ4n) is 11.7. The smallest absolute Gasteiger partial charge is 0.416 e. The molecule has 1 heterocycles. The maximum atomic E-state index is 15.5. The van der Waals surface area contributed by atoms with Gasteiger partial charge in [-0.3, -0.25) is 15.0 Å². The zero-order valence-electron chi connectivity index (χ0n) is 42.9. The molecule has 1 saturated carbocycles. The number of allylic oxidation sites excluding steroid dienone is 1. The van der Waals surface area contributed by atoms with E-state index < -0.39 is 28.8 Å². The number of nitro benzene ring substituents is 1. The first-order valence-electron chi connectivity index (χ1n) is 26.5. The number of hydrogen-bond donors (Lipinski definition) is 2. The second-order valence-electron chi connectivity index (χ2n) is 19.9. The molecule has 0 spiro atoms. The number of carbonyl (C=O) groups excluding carboxylic acids is 1. The Hall–Kier alpha value is -8.10. The van der Waals surface area contributed by atoms with Crippen LogP contribution in [-0.4, -0.2) is 63.5 Å². The van der Waals surface area contributed by atoms with E-state index in [9.17, 15) is 20.3 Å². The molecule has 10 rings (SSSR count). The van der Waals surface area contributed by atoms with Crippen LogP contribution >= 0.6 is 0 Å². The van der Waals surface area contributed by atoms with E-state index in [4.69, 9.17) is 28.9 Å². The molecule has 1 aliphatic heterocycles. The number of carbonyl (C=O) groups is 1. The Morgan fingerprint density at radius 3 is 2.19 bits per heavy atom. The standard InChI is InChI=1S/C64H63N3O10/c1-2-38-73-64-60(66(42-49-23-15-22-47-20-9-10-24-54(47)49)63(70)76-52-32-28-50(29-33-52)67(71)72)41-58(65-74-43-44-16-5-3-6-17-44)56-39-48(21-11-13-36-68)55(25-12-14-37-69)61(62(56)64)57-40-53(34-35-59(57)77-64)75-51-30-26-46(27-31-51)45-18-7-4-8-19-45/h2-10,15-20,22-24,26-35,39-40,48,55,60-62,68-69H,1,11-14,21,25,36-38,41-43H2/t48-,55+,60-,61+,62+,64+/m0/s1. The van der Waals surface area contributed by atoms with Gasteiger partial charge < -0.3 is 34.0 Å². The summed E-state index contributed by atoms with van der Waals surface area (Å²) in [6, 6.07) is 52.3. The minimum Gasteiger partial charge on any atom is -0.459 e. The number of benzene rings is 7. The van der Waals surface area contributed by atoms with Gasteiger partial charge >= 0.3 is 6.09 Å². The van der Waals surface area contributed by atoms with Crippen LogP contribution in [0.4, 0.5) is 10.5 Å². The highest BCUT2D eigenvalue weighted by molar-refractivity contribution is 6.03. The van der Waals surface area contributed by atoms with Gasteiger partial charge in [0, 0.05) is 43.2 Å². The Kier molecular flexibility index (Phi) is 16.5. The number of non-ortho nitro benzene ring substituents is 1. The van der Waals surface area contributed by atoms with Gasteiger partial charge in [0.25, 0.3) is 5.69 Å². The summed E-state index contributed by atoms with van der Waals surface area (Å²) in [5.74, 6) is -0.686. The van der Waals surface area contributed by atoms with E-state index in [-0.39, 0.29) is 68.6 Å². The van der Waals surface area contributed by atoms with E-state index in [1.165, 1.54) is 24.3 Å². The largest absolute Gasteiger partial charge is 0.459 e. The lowest BCUT2D eigenvalue weighted by Gasteiger charge is -2.59. The Morgan fingerprint density at radius 1 is 0.779 bits per heavy atom. The van der Waals surface area contributed by atoms with Crippen LogP contribution in [0.15, 0.2) is 199 Å². The normalized spacial score (nSPS) is 20.7. The molecule has 13 nitrogen and oxygen atoms in total. The number of nitrogens with zero attached hydrogens (tertiary/aromatic N) is 3. The average molecular weight is 1030 g/mol. The molecule has 7 aromatic rings. The zero-order valence-corrected chi connectivity index (χ0v) is 42.9. The number of fused-ring (bicyclic) bond motifs is 3. The highest BCUT2D eigenvalue weighted by Crippen LogP contribution is 2.62. The number of aliphatic hydroxyl groups is 2. The van der Waals surface area contributed by atoms with Crippen molar-refractivity contribution in [3.63, 3.8) is 0 Å². The monoisotopic (exact) mass is 1030 g/mol. The lowest BCUT2D eigenvalue weighted by Crippen LogP contribution is -2.70. The van der Waals surface area contributed by atoms with Crippen molar-refractivity contribution in [3.8, 4) is 34.1 Å². The summed E-state index contributed by atoms with van der Waals surface area (Å²) in [6.45, 7) is 4.49. The van der Waals surface area contributed by atoms with Crippen molar-refractivity contribution < 1.29 is 43.7 Å². The molecule has 1 amide bonds. The molecular formula is C64H63N3O10. The molecule has 0 radical (unpaired) electrons. The third-order valence-corrected chi connectivity index (χ3v) is 15.2. The van der Waals surface area contributed by atoms with Gasteiger partial charge in [-0.1, -0.05) is 145 Å². The predicted octanol–water partition coefficient (Wildman–Crippen LogP) is 13.7. The van der Waals surface area contributed by atoms with Gasteiger partial charge in [-0.25, -0.2) is 4.79 Å². The molecular weight excluding hydrogens is 971 g/mol. The molecule has 3 aliphatic rings. The van der Waals surface area contributed by atoms with E-state index in [1.54, 1.807) is 11.0 Å². The van der Waals surface area contributed by atoms with Gasteiger partial charge in [-0.2, -0.15) is 0 Å². The molecule has 2 aliphatic carbocycles. The number of hydrogen-bond acceptors (Lipinski definition) is 11. The van der Waals surface area contributed by atoms with E-state index in [2.05, 4.69) is 30.9 Å². The first-order chi connectivity index (χ1) is 37.8. The van der Waals surface area contributed by atoms with Crippen LogP contribution in [0.1, 0.15) is 67.6 Å². The van der Waals surface area contributed by atoms with Crippen LogP contribution in [0, 0.1) is 27.9 Å². The number of unbranched alkanes of at least 4 members (excludes halogenated alkanes) is 2. The van der Waals surface area contributed by atoms with E-state index in [0.717, 1.165) is 69.8 Å². The van der Waals surface area contributed by atoms with Gasteiger partial charge in [-0.15, -0.1) is 6.58 Å². The molecule has 2 N–H and O–H groups in total. The molecule has 0 aromatic heterocycles. The third kappa shape index (κ3) is 11.5. The molecule has 0 bridgehead atoms.